The van der Waals surface area contributed by atoms with Gasteiger partial charge in [-0.25, -0.2) is 0 Å². The van der Waals surface area contributed by atoms with E-state index in [4.69, 9.17) is 9.47 Å². The third kappa shape index (κ3) is 13.4. The molecule has 3 atom stereocenters. The molecule has 0 aliphatic rings. The molecule has 3 aromatic carbocycles. The van der Waals surface area contributed by atoms with Crippen molar-refractivity contribution in [3.63, 3.8) is 0 Å². The molecule has 3 unspecified atom stereocenters. The molecule has 0 saturated carbocycles. The van der Waals surface area contributed by atoms with E-state index >= 15 is 0 Å². The number of hydrogen-bond donors (Lipinski definition) is 0. The fourth-order valence-electron chi connectivity index (χ4n) is 4.77. The molecule has 0 fully saturated rings. The van der Waals surface area contributed by atoms with Crippen molar-refractivity contribution in [3.05, 3.63) is 106 Å². The van der Waals surface area contributed by atoms with Gasteiger partial charge in [-0.1, -0.05) is 142 Å². The van der Waals surface area contributed by atoms with E-state index in [9.17, 15) is 14.4 Å². The van der Waals surface area contributed by atoms with Gasteiger partial charge < -0.3 is 9.47 Å². The third-order valence-electron chi connectivity index (χ3n) is 8.63. The molecule has 264 valence electrons. The van der Waals surface area contributed by atoms with Crippen molar-refractivity contribution in [2.24, 2.45) is 0 Å². The summed E-state index contributed by atoms with van der Waals surface area (Å²) in [5.74, 6) is -0.500. The normalized spacial score (nSPS) is 13.4. The summed E-state index contributed by atoms with van der Waals surface area (Å²) in [7, 11) is 1.42. The Morgan fingerprint density at radius 3 is 1.02 bits per heavy atom. The summed E-state index contributed by atoms with van der Waals surface area (Å²) in [6, 6.07) is 24.7. The van der Waals surface area contributed by atoms with E-state index in [0.29, 0.717) is 6.61 Å². The molecule has 0 heterocycles. The minimum atomic E-state index is -0.195. The predicted octanol–water partition coefficient (Wildman–Crippen LogP) is 10.6. The highest BCUT2D eigenvalue weighted by Gasteiger charge is 2.20. The molecular weight excluding hydrogens is 596 g/mol. The Morgan fingerprint density at radius 1 is 0.521 bits per heavy atom. The molecule has 0 radical (unpaired) electrons. The fraction of sp³-hybridized carbons (Fsp3) is 0.512. The van der Waals surface area contributed by atoms with Crippen molar-refractivity contribution in [1.82, 2.24) is 0 Å². The number of methoxy groups -OCH3 is 1. The molecule has 3 rings (SSSR count). The van der Waals surface area contributed by atoms with Crippen molar-refractivity contribution < 1.29 is 23.9 Å². The van der Waals surface area contributed by atoms with E-state index in [1.54, 1.807) is 6.92 Å². The molecule has 0 bridgehead atoms. The van der Waals surface area contributed by atoms with Gasteiger partial charge in [-0.15, -0.1) is 0 Å². The Kier molecular flexibility index (Phi) is 16.0. The maximum atomic E-state index is 11.6. The lowest BCUT2D eigenvalue weighted by atomic mass is 9.85. The first-order valence-corrected chi connectivity index (χ1v) is 17.1. The van der Waals surface area contributed by atoms with Crippen molar-refractivity contribution in [2.45, 2.75) is 131 Å². The van der Waals surface area contributed by atoms with E-state index < -0.39 is 0 Å². The number of benzene rings is 3. The van der Waals surface area contributed by atoms with Crippen molar-refractivity contribution in [2.75, 3.05) is 13.7 Å². The first-order chi connectivity index (χ1) is 22.0. The number of Topliss-reactive ketones (excluding diaryl/α,β-unsaturated/α-hetero) is 1. The highest BCUT2D eigenvalue weighted by Crippen LogP contribution is 2.27. The largest absolute Gasteiger partial charge is 0.469 e. The summed E-state index contributed by atoms with van der Waals surface area (Å²) < 4.78 is 9.74. The van der Waals surface area contributed by atoms with Gasteiger partial charge in [-0.05, 0) is 77.3 Å². The monoisotopic (exact) mass is 658 g/mol. The number of esters is 2. The zero-order valence-corrected chi connectivity index (χ0v) is 32.4. The lowest BCUT2D eigenvalue weighted by Gasteiger charge is -2.20. The number of carbonyl (C=O) groups excluding carboxylic acids is 3. The second kappa shape index (κ2) is 18.1. The predicted molar refractivity (Wildman–Crippen MR) is 200 cm³/mol. The second-order valence-corrected chi connectivity index (χ2v) is 15.7. The highest BCUT2D eigenvalue weighted by molar-refractivity contribution is 5.82. The summed E-state index contributed by atoms with van der Waals surface area (Å²) in [4.78, 5) is 34.2. The average molecular weight is 659 g/mol. The van der Waals surface area contributed by atoms with Crippen LogP contribution in [0.3, 0.4) is 0 Å². The van der Waals surface area contributed by atoms with Crippen LogP contribution >= 0.6 is 0 Å². The van der Waals surface area contributed by atoms with Crippen LogP contribution in [-0.4, -0.2) is 31.4 Å². The third-order valence-corrected chi connectivity index (χ3v) is 8.63. The Labute approximate surface area is 291 Å². The molecule has 0 aliphatic heterocycles. The number of hydrogen-bond acceptors (Lipinski definition) is 5. The van der Waals surface area contributed by atoms with Crippen LogP contribution in [0.5, 0.6) is 0 Å². The van der Waals surface area contributed by atoms with E-state index in [1.165, 1.54) is 23.8 Å². The molecule has 5 nitrogen and oxygen atoms in total. The number of ether oxygens (including phenoxy) is 2. The van der Waals surface area contributed by atoms with Gasteiger partial charge in [-0.2, -0.15) is 0 Å². The zero-order valence-electron chi connectivity index (χ0n) is 32.4. The van der Waals surface area contributed by atoms with E-state index in [-0.39, 0.29) is 51.7 Å². The van der Waals surface area contributed by atoms with Crippen LogP contribution in [0.2, 0.25) is 0 Å². The molecule has 0 aromatic heterocycles. The lowest BCUT2D eigenvalue weighted by molar-refractivity contribution is -0.144. The molecule has 0 saturated heterocycles. The van der Waals surface area contributed by atoms with Crippen molar-refractivity contribution in [3.8, 4) is 0 Å². The first kappa shape index (κ1) is 42.3. The number of carbonyl (C=O) groups is 3. The van der Waals surface area contributed by atoms with E-state index in [1.807, 2.05) is 52.0 Å². The van der Waals surface area contributed by atoms with Gasteiger partial charge in [0.2, 0.25) is 0 Å². The van der Waals surface area contributed by atoms with Gasteiger partial charge in [0.25, 0.3) is 0 Å². The van der Waals surface area contributed by atoms with Crippen LogP contribution < -0.4 is 0 Å². The quantitative estimate of drug-likeness (QED) is 0.236. The van der Waals surface area contributed by atoms with Gasteiger partial charge >= 0.3 is 11.9 Å². The Hall–Kier alpha value is -3.73. The summed E-state index contributed by atoms with van der Waals surface area (Å²) in [5, 5.41) is 0. The van der Waals surface area contributed by atoms with Gasteiger partial charge in [0.15, 0.2) is 0 Å². The van der Waals surface area contributed by atoms with E-state index in [2.05, 4.69) is 111 Å². The standard InChI is InChI=1S/C15H22O2.C14H20O2.C14H20O/c1-6-17-14(16)11(2)12-7-9-13(10-8-12)15(3,4)5;1-10(13(15)16-5)11-6-8-12(9-7-11)14(2,3)4;1-10(11(2)15)12-6-8-13(9-7-12)14(3,4)5/h7-11H,6H2,1-5H3;6-10H,1-5H3;6-10H,1-5H3. The summed E-state index contributed by atoms with van der Waals surface area (Å²) in [6.45, 7) is 29.2. The Balaban J connectivity index is 0.000000361. The van der Waals surface area contributed by atoms with Crippen molar-refractivity contribution >= 4 is 17.7 Å². The number of rotatable bonds is 7. The highest BCUT2D eigenvalue weighted by atomic mass is 16.5. The summed E-state index contributed by atoms with van der Waals surface area (Å²) in [5.41, 5.74) is 7.44. The topological polar surface area (TPSA) is 69.7 Å². The molecule has 0 aliphatic carbocycles. The minimum absolute atomic E-state index is 0.0130. The zero-order chi connectivity index (χ0) is 37.0. The average Bonchev–Trinajstić information content (AvgIpc) is 3.03. The minimum Gasteiger partial charge on any atom is -0.469 e. The molecule has 0 N–H and O–H groups in total. The van der Waals surface area contributed by atoms with Gasteiger partial charge in [-0.3, -0.25) is 14.4 Å². The molecule has 3 aromatic rings. The Morgan fingerprint density at radius 2 is 0.792 bits per heavy atom. The van der Waals surface area contributed by atoms with Gasteiger partial charge in [0.05, 0.1) is 25.6 Å². The van der Waals surface area contributed by atoms with Crippen LogP contribution in [0.25, 0.3) is 0 Å². The maximum Gasteiger partial charge on any atom is 0.313 e. The van der Waals surface area contributed by atoms with E-state index in [0.717, 1.165) is 16.7 Å². The smallest absolute Gasteiger partial charge is 0.313 e. The fourth-order valence-corrected chi connectivity index (χ4v) is 4.77. The maximum absolute atomic E-state index is 11.6. The summed E-state index contributed by atoms with van der Waals surface area (Å²) in [6.07, 6.45) is 0. The Bertz CT molecular complexity index is 1430. The van der Waals surface area contributed by atoms with Crippen molar-refractivity contribution in [1.29, 1.82) is 0 Å². The summed E-state index contributed by atoms with van der Waals surface area (Å²) >= 11 is 0. The molecule has 5 heteroatoms. The lowest BCUT2D eigenvalue weighted by Crippen LogP contribution is -2.14. The van der Waals surface area contributed by atoms with Crippen LogP contribution in [0.4, 0.5) is 0 Å². The first-order valence-electron chi connectivity index (χ1n) is 17.1. The SMILES string of the molecule is CC(=O)C(C)c1ccc(C(C)(C)C)cc1.CCOC(=O)C(C)c1ccc(C(C)(C)C)cc1.COC(=O)C(C)c1ccc(C(C)(C)C)cc1. The second-order valence-electron chi connectivity index (χ2n) is 15.7. The van der Waals surface area contributed by atoms with Crippen LogP contribution in [0.15, 0.2) is 72.8 Å². The number of ketones is 1. The molecule has 48 heavy (non-hydrogen) atoms. The van der Waals surface area contributed by atoms with Crippen LogP contribution in [0, 0.1) is 0 Å². The molecule has 0 spiro atoms. The molecular formula is C43H62O5. The van der Waals surface area contributed by atoms with Crippen LogP contribution in [-0.2, 0) is 40.1 Å². The van der Waals surface area contributed by atoms with Gasteiger partial charge in [0.1, 0.15) is 5.78 Å². The van der Waals surface area contributed by atoms with Gasteiger partial charge in [0, 0.05) is 5.92 Å². The van der Waals surface area contributed by atoms with Crippen LogP contribution in [0.1, 0.15) is 148 Å². The molecule has 0 amide bonds.